The molecule has 1 fully saturated rings. The van der Waals surface area contributed by atoms with Gasteiger partial charge in [-0.15, -0.1) is 0 Å². The van der Waals surface area contributed by atoms with Crippen LogP contribution in [-0.2, 0) is 17.1 Å². The summed E-state index contributed by atoms with van der Waals surface area (Å²) in [4.78, 5) is 4.58. The average Bonchev–Trinajstić information content (AvgIpc) is 2.68. The highest BCUT2D eigenvalue weighted by molar-refractivity contribution is 9.09. The fourth-order valence-electron chi connectivity index (χ4n) is 2.37. The van der Waals surface area contributed by atoms with E-state index in [4.69, 9.17) is 0 Å². The Morgan fingerprint density at radius 3 is 2.84 bits per heavy atom. The first-order valence-corrected chi connectivity index (χ1v) is 8.92. The van der Waals surface area contributed by atoms with Crippen LogP contribution in [0.15, 0.2) is 11.2 Å². The van der Waals surface area contributed by atoms with E-state index in [2.05, 4.69) is 25.6 Å². The van der Waals surface area contributed by atoms with E-state index in [1.807, 2.05) is 0 Å². The van der Waals surface area contributed by atoms with Gasteiger partial charge in [-0.05, 0) is 32.1 Å². The second kappa shape index (κ2) is 5.93. The minimum absolute atomic E-state index is 0.110. The monoisotopic (exact) mass is 349 g/mol. The van der Waals surface area contributed by atoms with Crippen LogP contribution in [0, 0.1) is 12.8 Å². The Balaban J connectivity index is 1.98. The van der Waals surface area contributed by atoms with E-state index >= 15 is 0 Å². The summed E-state index contributed by atoms with van der Waals surface area (Å²) in [5.41, 5.74) is 0. The normalized spacial score (nSPS) is 24.6. The third-order valence-corrected chi connectivity index (χ3v) is 5.77. The number of halogens is 1. The summed E-state index contributed by atoms with van der Waals surface area (Å²) in [7, 11) is -1.69. The maximum absolute atomic E-state index is 12.1. The van der Waals surface area contributed by atoms with Crippen molar-refractivity contribution in [3.8, 4) is 0 Å². The zero-order valence-corrected chi connectivity index (χ0v) is 13.7. The molecule has 5 nitrogen and oxygen atoms in total. The van der Waals surface area contributed by atoms with Gasteiger partial charge in [-0.1, -0.05) is 22.4 Å². The SMILES string of the molecule is Cc1nc(S(=O)(=O)NCC2CCCC(Br)C2)cn1C. The molecule has 1 saturated carbocycles. The Labute approximate surface area is 123 Å². The highest BCUT2D eigenvalue weighted by atomic mass is 79.9. The Morgan fingerprint density at radius 2 is 2.26 bits per heavy atom. The van der Waals surface area contributed by atoms with Crippen molar-refractivity contribution >= 4 is 26.0 Å². The molecular weight excluding hydrogens is 330 g/mol. The molecule has 1 aromatic rings. The van der Waals surface area contributed by atoms with Crippen molar-refractivity contribution in [2.75, 3.05) is 6.54 Å². The number of nitrogens with zero attached hydrogens (tertiary/aromatic N) is 2. The molecule has 7 heteroatoms. The van der Waals surface area contributed by atoms with Crippen molar-refractivity contribution in [1.82, 2.24) is 14.3 Å². The highest BCUT2D eigenvalue weighted by Gasteiger charge is 2.23. The molecule has 2 rings (SSSR count). The molecule has 19 heavy (non-hydrogen) atoms. The molecule has 1 heterocycles. The molecule has 2 unspecified atom stereocenters. The molecule has 1 aliphatic rings. The van der Waals surface area contributed by atoms with Gasteiger partial charge < -0.3 is 4.57 Å². The van der Waals surface area contributed by atoms with Crippen molar-refractivity contribution in [1.29, 1.82) is 0 Å². The lowest BCUT2D eigenvalue weighted by Crippen LogP contribution is -2.32. The van der Waals surface area contributed by atoms with Crippen LogP contribution >= 0.6 is 15.9 Å². The van der Waals surface area contributed by atoms with E-state index in [1.165, 1.54) is 6.42 Å². The number of alkyl halides is 1. The molecular formula is C12H20BrN3O2S. The Bertz CT molecular complexity index is 522. The van der Waals surface area contributed by atoms with E-state index in [0.717, 1.165) is 19.3 Å². The van der Waals surface area contributed by atoms with E-state index < -0.39 is 10.0 Å². The van der Waals surface area contributed by atoms with E-state index in [9.17, 15) is 8.42 Å². The van der Waals surface area contributed by atoms with E-state index in [1.54, 1.807) is 24.7 Å². The molecule has 1 N–H and O–H groups in total. The van der Waals surface area contributed by atoms with Gasteiger partial charge in [-0.3, -0.25) is 0 Å². The average molecular weight is 350 g/mol. The van der Waals surface area contributed by atoms with Gasteiger partial charge in [0.2, 0.25) is 0 Å². The quantitative estimate of drug-likeness (QED) is 0.845. The third kappa shape index (κ3) is 3.79. The topological polar surface area (TPSA) is 64.0 Å². The molecule has 0 bridgehead atoms. The van der Waals surface area contributed by atoms with Crippen LogP contribution in [0.2, 0.25) is 0 Å². The highest BCUT2D eigenvalue weighted by Crippen LogP contribution is 2.28. The summed E-state index contributed by atoms with van der Waals surface area (Å²) < 4.78 is 28.6. The summed E-state index contributed by atoms with van der Waals surface area (Å²) >= 11 is 3.61. The summed E-state index contributed by atoms with van der Waals surface area (Å²) in [6.45, 7) is 2.29. The van der Waals surface area contributed by atoms with Gasteiger partial charge in [0.25, 0.3) is 10.0 Å². The number of aromatic nitrogens is 2. The minimum Gasteiger partial charge on any atom is -0.337 e. The van der Waals surface area contributed by atoms with E-state index in [-0.39, 0.29) is 5.03 Å². The zero-order chi connectivity index (χ0) is 14.0. The van der Waals surface area contributed by atoms with Crippen molar-refractivity contribution in [2.45, 2.75) is 42.5 Å². The van der Waals surface area contributed by atoms with Crippen molar-refractivity contribution < 1.29 is 8.42 Å². The van der Waals surface area contributed by atoms with Gasteiger partial charge in [0.1, 0.15) is 5.82 Å². The summed E-state index contributed by atoms with van der Waals surface area (Å²) in [5.74, 6) is 1.11. The smallest absolute Gasteiger partial charge is 0.259 e. The number of hydrogen-bond donors (Lipinski definition) is 1. The molecule has 0 radical (unpaired) electrons. The first-order valence-electron chi connectivity index (χ1n) is 6.52. The predicted molar refractivity (Wildman–Crippen MR) is 77.8 cm³/mol. The molecule has 1 aromatic heterocycles. The third-order valence-electron chi connectivity index (χ3n) is 3.64. The van der Waals surface area contributed by atoms with Crippen LogP contribution in [0.5, 0.6) is 0 Å². The van der Waals surface area contributed by atoms with Gasteiger partial charge in [0.05, 0.1) is 0 Å². The van der Waals surface area contributed by atoms with Gasteiger partial charge in [-0.2, -0.15) is 0 Å². The van der Waals surface area contributed by atoms with Crippen LogP contribution in [0.4, 0.5) is 0 Å². The van der Waals surface area contributed by atoms with Crippen molar-refractivity contribution in [3.05, 3.63) is 12.0 Å². The summed E-state index contributed by atoms with van der Waals surface area (Å²) in [5, 5.41) is 0.110. The second-order valence-electron chi connectivity index (χ2n) is 5.22. The minimum atomic E-state index is -3.48. The van der Waals surface area contributed by atoms with Crippen LogP contribution in [0.25, 0.3) is 0 Å². The van der Waals surface area contributed by atoms with Crippen LogP contribution < -0.4 is 4.72 Å². The molecule has 0 saturated heterocycles. The Hall–Kier alpha value is -0.400. The first-order chi connectivity index (χ1) is 8.88. The second-order valence-corrected chi connectivity index (χ2v) is 8.23. The summed E-state index contributed by atoms with van der Waals surface area (Å²) in [6.07, 6.45) is 6.01. The lowest BCUT2D eigenvalue weighted by atomic mass is 9.89. The van der Waals surface area contributed by atoms with Gasteiger partial charge in [-0.25, -0.2) is 18.1 Å². The molecule has 2 atom stereocenters. The number of nitrogens with one attached hydrogen (secondary N) is 1. The first kappa shape index (κ1) is 15.0. The predicted octanol–water partition coefficient (Wildman–Crippen LogP) is 1.96. The van der Waals surface area contributed by atoms with Gasteiger partial charge in [0.15, 0.2) is 5.03 Å². The molecule has 0 spiro atoms. The molecule has 1 aliphatic carbocycles. The Kier molecular flexibility index (Phi) is 4.68. The summed E-state index contributed by atoms with van der Waals surface area (Å²) in [6, 6.07) is 0. The van der Waals surface area contributed by atoms with Gasteiger partial charge >= 0.3 is 0 Å². The van der Waals surface area contributed by atoms with Crippen LogP contribution in [-0.4, -0.2) is 29.3 Å². The lowest BCUT2D eigenvalue weighted by Gasteiger charge is -2.25. The molecule has 0 aliphatic heterocycles. The largest absolute Gasteiger partial charge is 0.337 e. The Morgan fingerprint density at radius 1 is 1.53 bits per heavy atom. The fourth-order valence-corrected chi connectivity index (χ4v) is 4.37. The molecule has 0 amide bonds. The molecule has 108 valence electrons. The number of sulfonamides is 1. The number of hydrogen-bond acceptors (Lipinski definition) is 3. The van der Waals surface area contributed by atoms with Crippen molar-refractivity contribution in [2.24, 2.45) is 13.0 Å². The zero-order valence-electron chi connectivity index (χ0n) is 11.3. The fraction of sp³-hybridized carbons (Fsp3) is 0.750. The lowest BCUT2D eigenvalue weighted by molar-refractivity contribution is 0.367. The van der Waals surface area contributed by atoms with Crippen LogP contribution in [0.1, 0.15) is 31.5 Å². The maximum atomic E-state index is 12.1. The molecule has 0 aromatic carbocycles. The standard InChI is InChI=1S/C12H20BrN3O2S/c1-9-15-12(8-16(9)2)19(17,18)14-7-10-4-3-5-11(13)6-10/h8,10-11,14H,3-7H2,1-2H3. The van der Waals surface area contributed by atoms with Gasteiger partial charge in [0, 0.05) is 24.6 Å². The van der Waals surface area contributed by atoms with E-state index in [0.29, 0.717) is 23.1 Å². The van der Waals surface area contributed by atoms with Crippen LogP contribution in [0.3, 0.4) is 0 Å². The number of aryl methyl sites for hydroxylation is 2. The maximum Gasteiger partial charge on any atom is 0.259 e. The number of rotatable bonds is 4. The van der Waals surface area contributed by atoms with Crippen molar-refractivity contribution in [3.63, 3.8) is 0 Å². The number of imidazole rings is 1.